The molecule has 0 N–H and O–H groups in total. The van der Waals surface area contributed by atoms with Crippen LogP contribution >= 0.6 is 0 Å². The van der Waals surface area contributed by atoms with Crippen LogP contribution in [0.2, 0.25) is 0 Å². The number of esters is 1. The molecule has 2 aromatic carbocycles. The maximum atomic E-state index is 12.1. The Morgan fingerprint density at radius 1 is 1.08 bits per heavy atom. The second kappa shape index (κ2) is 6.28. The van der Waals surface area contributed by atoms with Crippen LogP contribution in [0, 0.1) is 0 Å². The van der Waals surface area contributed by atoms with Crippen LogP contribution in [0.1, 0.15) is 18.1 Å². The van der Waals surface area contributed by atoms with Gasteiger partial charge in [-0.2, -0.15) is 0 Å². The molecule has 0 amide bonds. The van der Waals surface area contributed by atoms with Gasteiger partial charge in [-0.15, -0.1) is 0 Å². The minimum Gasteiger partial charge on any atom is -0.454 e. The Balaban J connectivity index is 1.61. The first-order chi connectivity index (χ1) is 12.2. The van der Waals surface area contributed by atoms with Crippen molar-refractivity contribution in [1.29, 1.82) is 0 Å². The molecule has 4 rings (SSSR count). The summed E-state index contributed by atoms with van der Waals surface area (Å²) in [7, 11) is 0. The van der Waals surface area contributed by atoms with Crippen molar-refractivity contribution in [2.24, 2.45) is 4.99 Å². The van der Waals surface area contributed by atoms with Gasteiger partial charge < -0.3 is 14.2 Å². The monoisotopic (exact) mass is 333 g/mol. The molecule has 2 heterocycles. The quantitative estimate of drug-likeness (QED) is 0.635. The lowest BCUT2D eigenvalue weighted by molar-refractivity contribution is -0.130. The number of carbonyl (C=O) groups excluding carboxylic acids is 1. The van der Waals surface area contributed by atoms with Gasteiger partial charge in [0.15, 0.2) is 17.2 Å². The van der Waals surface area contributed by atoms with Crippen molar-refractivity contribution in [3.05, 3.63) is 77.0 Å². The summed E-state index contributed by atoms with van der Waals surface area (Å²) in [5.41, 5.74) is 2.92. The van der Waals surface area contributed by atoms with E-state index >= 15 is 0 Å². The highest BCUT2D eigenvalue weighted by molar-refractivity contribution is 6.11. The summed E-state index contributed by atoms with van der Waals surface area (Å²) >= 11 is 0. The SMILES string of the molecule is CC(/C=C1\N=C(c2ccc3c(c2)OCO3)OC1=O)=C\c1ccccc1. The molecular weight excluding hydrogens is 318 g/mol. The van der Waals surface area contributed by atoms with E-state index in [0.717, 1.165) is 11.1 Å². The molecule has 0 atom stereocenters. The summed E-state index contributed by atoms with van der Waals surface area (Å²) in [5, 5.41) is 0. The maximum Gasteiger partial charge on any atom is 0.363 e. The molecule has 25 heavy (non-hydrogen) atoms. The smallest absolute Gasteiger partial charge is 0.363 e. The van der Waals surface area contributed by atoms with Crippen molar-refractivity contribution in [2.75, 3.05) is 6.79 Å². The van der Waals surface area contributed by atoms with Crippen LogP contribution in [0.3, 0.4) is 0 Å². The van der Waals surface area contributed by atoms with Gasteiger partial charge >= 0.3 is 5.97 Å². The van der Waals surface area contributed by atoms with Crippen LogP contribution in [0.25, 0.3) is 6.08 Å². The highest BCUT2D eigenvalue weighted by Gasteiger charge is 2.25. The minimum absolute atomic E-state index is 0.194. The van der Waals surface area contributed by atoms with Gasteiger partial charge in [-0.1, -0.05) is 36.4 Å². The normalized spacial score (nSPS) is 17.6. The predicted molar refractivity (Wildman–Crippen MR) is 93.4 cm³/mol. The van der Waals surface area contributed by atoms with E-state index in [-0.39, 0.29) is 18.4 Å². The van der Waals surface area contributed by atoms with Crippen molar-refractivity contribution in [1.82, 2.24) is 0 Å². The Kier molecular flexibility index (Phi) is 3.82. The first kappa shape index (κ1) is 15.2. The molecule has 0 unspecified atom stereocenters. The third-order valence-electron chi connectivity index (χ3n) is 3.80. The number of carbonyl (C=O) groups is 1. The van der Waals surface area contributed by atoms with Crippen molar-refractivity contribution in [3.63, 3.8) is 0 Å². The summed E-state index contributed by atoms with van der Waals surface area (Å²) in [6.07, 6.45) is 3.70. The highest BCUT2D eigenvalue weighted by Crippen LogP contribution is 2.33. The zero-order valence-corrected chi connectivity index (χ0v) is 13.6. The molecule has 0 bridgehead atoms. The average Bonchev–Trinajstić information content (AvgIpc) is 3.22. The second-order valence-electron chi connectivity index (χ2n) is 5.70. The molecule has 0 spiro atoms. The number of ether oxygens (including phenoxy) is 3. The van der Waals surface area contributed by atoms with Crippen LogP contribution in [-0.4, -0.2) is 18.7 Å². The van der Waals surface area contributed by atoms with Gasteiger partial charge in [0.1, 0.15) is 0 Å². The zero-order valence-electron chi connectivity index (χ0n) is 13.6. The van der Waals surface area contributed by atoms with Gasteiger partial charge in [-0.05, 0) is 42.3 Å². The van der Waals surface area contributed by atoms with Crippen molar-refractivity contribution in [3.8, 4) is 11.5 Å². The number of nitrogens with zero attached hydrogens (tertiary/aromatic N) is 1. The molecule has 0 fully saturated rings. The van der Waals surface area contributed by atoms with E-state index < -0.39 is 5.97 Å². The number of hydrogen-bond acceptors (Lipinski definition) is 5. The molecule has 0 saturated heterocycles. The number of benzene rings is 2. The van der Waals surface area contributed by atoms with Crippen LogP contribution in [0.5, 0.6) is 11.5 Å². The molecule has 2 aliphatic rings. The molecular formula is C20H15NO4. The summed E-state index contributed by atoms with van der Waals surface area (Å²) in [4.78, 5) is 16.4. The molecule has 5 nitrogen and oxygen atoms in total. The molecule has 124 valence electrons. The number of cyclic esters (lactones) is 1. The van der Waals surface area contributed by atoms with Gasteiger partial charge in [0.25, 0.3) is 0 Å². The van der Waals surface area contributed by atoms with Crippen LogP contribution in [0.15, 0.2) is 70.9 Å². The van der Waals surface area contributed by atoms with Crippen molar-refractivity contribution >= 4 is 17.9 Å². The summed E-state index contributed by atoms with van der Waals surface area (Å²) in [6, 6.07) is 15.2. The Morgan fingerprint density at radius 3 is 2.72 bits per heavy atom. The number of allylic oxidation sites excluding steroid dienone is 2. The van der Waals surface area contributed by atoms with E-state index in [9.17, 15) is 4.79 Å². The highest BCUT2D eigenvalue weighted by atomic mass is 16.7. The van der Waals surface area contributed by atoms with Gasteiger partial charge in [-0.3, -0.25) is 0 Å². The van der Waals surface area contributed by atoms with E-state index in [2.05, 4.69) is 4.99 Å². The standard InChI is InChI=1S/C20H15NO4/c1-13(9-14-5-3-2-4-6-14)10-16-20(22)25-19(21-16)15-7-8-17-18(11-15)24-12-23-17/h2-11H,12H2,1H3/b13-9+,16-10-. The largest absolute Gasteiger partial charge is 0.454 e. The maximum absolute atomic E-state index is 12.1. The zero-order chi connectivity index (χ0) is 17.2. The topological polar surface area (TPSA) is 57.1 Å². The van der Waals surface area contributed by atoms with E-state index in [0.29, 0.717) is 17.1 Å². The fraction of sp³-hybridized carbons (Fsp3) is 0.100. The third-order valence-corrected chi connectivity index (χ3v) is 3.80. The number of fused-ring (bicyclic) bond motifs is 1. The van der Waals surface area contributed by atoms with Crippen LogP contribution in [-0.2, 0) is 9.53 Å². The lowest BCUT2D eigenvalue weighted by Gasteiger charge is -2.01. The lowest BCUT2D eigenvalue weighted by atomic mass is 10.1. The molecule has 0 saturated carbocycles. The molecule has 0 aromatic heterocycles. The van der Waals surface area contributed by atoms with E-state index in [1.165, 1.54) is 0 Å². The van der Waals surface area contributed by atoms with Crippen molar-refractivity contribution in [2.45, 2.75) is 6.92 Å². The first-order valence-corrected chi connectivity index (χ1v) is 7.85. The molecule has 5 heteroatoms. The van der Waals surface area contributed by atoms with Crippen LogP contribution in [0.4, 0.5) is 0 Å². The Bertz CT molecular complexity index is 926. The first-order valence-electron chi connectivity index (χ1n) is 7.85. The summed E-state index contributed by atoms with van der Waals surface area (Å²) < 4.78 is 15.9. The molecule has 2 aliphatic heterocycles. The lowest BCUT2D eigenvalue weighted by Crippen LogP contribution is -2.05. The van der Waals surface area contributed by atoms with Crippen molar-refractivity contribution < 1.29 is 19.0 Å². The summed E-state index contributed by atoms with van der Waals surface area (Å²) in [5.74, 6) is 1.09. The predicted octanol–water partition coefficient (Wildman–Crippen LogP) is 3.71. The van der Waals surface area contributed by atoms with E-state index in [4.69, 9.17) is 14.2 Å². The number of aliphatic imine (C=N–C) groups is 1. The fourth-order valence-corrected chi connectivity index (χ4v) is 2.63. The van der Waals surface area contributed by atoms with E-state index in [1.54, 1.807) is 24.3 Å². The van der Waals surface area contributed by atoms with Gasteiger partial charge in [0.05, 0.1) is 0 Å². The molecule has 0 aliphatic carbocycles. The minimum atomic E-state index is -0.464. The van der Waals surface area contributed by atoms with Gasteiger partial charge in [0.2, 0.25) is 12.7 Å². The van der Waals surface area contributed by atoms with Crippen LogP contribution < -0.4 is 9.47 Å². The molecule has 0 radical (unpaired) electrons. The van der Waals surface area contributed by atoms with E-state index in [1.807, 2.05) is 43.3 Å². The second-order valence-corrected chi connectivity index (χ2v) is 5.70. The Morgan fingerprint density at radius 2 is 1.88 bits per heavy atom. The fourth-order valence-electron chi connectivity index (χ4n) is 2.63. The third kappa shape index (κ3) is 3.17. The van der Waals surface area contributed by atoms with Gasteiger partial charge in [0, 0.05) is 5.56 Å². The Hall–Kier alpha value is -3.34. The van der Waals surface area contributed by atoms with Gasteiger partial charge in [-0.25, -0.2) is 9.79 Å². The number of hydrogen-bond donors (Lipinski definition) is 0. The number of rotatable bonds is 3. The average molecular weight is 333 g/mol. The Labute approximate surface area is 144 Å². The summed E-state index contributed by atoms with van der Waals surface area (Å²) in [6.45, 7) is 2.11. The molecule has 2 aromatic rings.